The molecular formula is C16H22O3. The van der Waals surface area contributed by atoms with Crippen LogP contribution in [-0.4, -0.2) is 16.8 Å². The van der Waals surface area contributed by atoms with E-state index in [-0.39, 0.29) is 17.1 Å². The molecule has 3 rings (SSSR count). The lowest BCUT2D eigenvalue weighted by Crippen LogP contribution is -2.44. The number of aliphatic hydroxyl groups excluding tert-OH is 1. The van der Waals surface area contributed by atoms with Gasteiger partial charge in [0.25, 0.3) is 0 Å². The van der Waals surface area contributed by atoms with E-state index < -0.39 is 6.10 Å². The van der Waals surface area contributed by atoms with Crippen molar-refractivity contribution in [3.63, 3.8) is 0 Å². The van der Waals surface area contributed by atoms with Gasteiger partial charge < -0.3 is 14.9 Å². The fraction of sp³-hybridized carbons (Fsp3) is 0.625. The van der Waals surface area contributed by atoms with Gasteiger partial charge in [-0.2, -0.15) is 0 Å². The lowest BCUT2D eigenvalue weighted by atomic mass is 9.63. The summed E-state index contributed by atoms with van der Waals surface area (Å²) < 4.78 is 5.96. The summed E-state index contributed by atoms with van der Waals surface area (Å²) in [5, 5.41) is 20.8. The molecule has 0 aromatic heterocycles. The van der Waals surface area contributed by atoms with Crippen LogP contribution in [-0.2, 0) is 0 Å². The van der Waals surface area contributed by atoms with Gasteiger partial charge in [-0.25, -0.2) is 0 Å². The number of benzene rings is 1. The molecule has 19 heavy (non-hydrogen) atoms. The Labute approximate surface area is 114 Å². The molecule has 0 bridgehead atoms. The predicted octanol–water partition coefficient (Wildman–Crippen LogP) is 3.42. The fourth-order valence-electron chi connectivity index (χ4n) is 3.62. The van der Waals surface area contributed by atoms with Gasteiger partial charge in [-0.05, 0) is 37.3 Å². The Morgan fingerprint density at radius 1 is 1.37 bits per heavy atom. The van der Waals surface area contributed by atoms with Crippen molar-refractivity contribution >= 4 is 0 Å². The summed E-state index contributed by atoms with van der Waals surface area (Å²) in [4.78, 5) is 0. The van der Waals surface area contributed by atoms with E-state index in [1.54, 1.807) is 6.07 Å². The molecule has 1 atom stereocenters. The lowest BCUT2D eigenvalue weighted by Gasteiger charge is -2.48. The van der Waals surface area contributed by atoms with Crippen molar-refractivity contribution in [2.75, 3.05) is 6.61 Å². The molecule has 104 valence electrons. The highest BCUT2D eigenvalue weighted by Gasteiger charge is 2.49. The van der Waals surface area contributed by atoms with Crippen molar-refractivity contribution in [3.05, 3.63) is 22.8 Å². The number of rotatable bonds is 1. The third-order valence-electron chi connectivity index (χ3n) is 4.88. The van der Waals surface area contributed by atoms with Crippen molar-refractivity contribution in [2.24, 2.45) is 5.41 Å². The number of hydrogen-bond donors (Lipinski definition) is 2. The number of hydrogen-bond acceptors (Lipinski definition) is 3. The number of aliphatic hydroxyl groups is 1. The van der Waals surface area contributed by atoms with Gasteiger partial charge in [0.15, 0.2) is 0 Å². The second kappa shape index (κ2) is 4.14. The van der Waals surface area contributed by atoms with Gasteiger partial charge in [-0.3, -0.25) is 0 Å². The third-order valence-corrected chi connectivity index (χ3v) is 4.88. The van der Waals surface area contributed by atoms with Crippen LogP contribution in [0.5, 0.6) is 11.5 Å². The average molecular weight is 262 g/mol. The first kappa shape index (κ1) is 12.8. The molecule has 2 aliphatic rings. The monoisotopic (exact) mass is 262 g/mol. The highest BCUT2D eigenvalue weighted by Crippen LogP contribution is 2.56. The van der Waals surface area contributed by atoms with Crippen LogP contribution in [0.25, 0.3) is 0 Å². The first-order valence-corrected chi connectivity index (χ1v) is 7.13. The van der Waals surface area contributed by atoms with Crippen LogP contribution in [0.2, 0.25) is 0 Å². The summed E-state index contributed by atoms with van der Waals surface area (Å²) in [6.45, 7) is 6.69. The Bertz CT molecular complexity index is 515. The van der Waals surface area contributed by atoms with Gasteiger partial charge >= 0.3 is 0 Å². The van der Waals surface area contributed by atoms with Crippen LogP contribution in [0.4, 0.5) is 0 Å². The minimum absolute atomic E-state index is 0.106. The normalized spacial score (nSPS) is 23.9. The van der Waals surface area contributed by atoms with Crippen molar-refractivity contribution < 1.29 is 14.9 Å². The molecule has 1 aliphatic heterocycles. The summed E-state index contributed by atoms with van der Waals surface area (Å²) in [5.74, 6) is 1.31. The Morgan fingerprint density at radius 3 is 2.58 bits per heavy atom. The lowest BCUT2D eigenvalue weighted by molar-refractivity contribution is -0.0834. The number of phenolic OH excluding ortho intramolecular Hbond substituents is 1. The molecule has 1 heterocycles. The summed E-state index contributed by atoms with van der Waals surface area (Å²) in [6, 6.07) is 1.71. The summed E-state index contributed by atoms with van der Waals surface area (Å²) in [7, 11) is 0. The van der Waals surface area contributed by atoms with Crippen LogP contribution < -0.4 is 4.74 Å². The maximum atomic E-state index is 10.6. The van der Waals surface area contributed by atoms with Crippen molar-refractivity contribution in [2.45, 2.75) is 52.1 Å². The highest BCUT2D eigenvalue weighted by atomic mass is 16.5. The van der Waals surface area contributed by atoms with Crippen LogP contribution in [0, 0.1) is 12.3 Å². The summed E-state index contributed by atoms with van der Waals surface area (Å²) >= 11 is 0. The van der Waals surface area contributed by atoms with E-state index in [1.165, 1.54) is 0 Å². The van der Waals surface area contributed by atoms with Crippen molar-refractivity contribution in [1.29, 1.82) is 0 Å². The van der Waals surface area contributed by atoms with E-state index in [9.17, 15) is 10.2 Å². The van der Waals surface area contributed by atoms with E-state index in [0.29, 0.717) is 6.61 Å². The van der Waals surface area contributed by atoms with E-state index in [2.05, 4.69) is 13.8 Å². The van der Waals surface area contributed by atoms with Crippen LogP contribution >= 0.6 is 0 Å². The quantitative estimate of drug-likeness (QED) is 0.815. The number of aromatic hydroxyl groups is 1. The molecular weight excluding hydrogens is 240 g/mol. The van der Waals surface area contributed by atoms with Crippen molar-refractivity contribution in [3.8, 4) is 11.5 Å². The summed E-state index contributed by atoms with van der Waals surface area (Å²) in [6.07, 6.45) is 2.68. The molecule has 1 fully saturated rings. The van der Waals surface area contributed by atoms with Gasteiger partial charge in [-0.1, -0.05) is 20.3 Å². The molecule has 1 aromatic rings. The molecule has 0 saturated heterocycles. The zero-order valence-electron chi connectivity index (χ0n) is 11.9. The first-order chi connectivity index (χ1) is 8.96. The molecule has 3 heteroatoms. The Balaban J connectivity index is 2.11. The minimum atomic E-state index is -0.504. The zero-order valence-corrected chi connectivity index (χ0v) is 11.9. The SMILES string of the molecule is Cc1c2c(cc(O)c1C(C)C)C(O)C1(CCC1)CO2. The Morgan fingerprint density at radius 2 is 2.05 bits per heavy atom. The van der Waals surface area contributed by atoms with Crippen LogP contribution in [0.1, 0.15) is 61.8 Å². The van der Waals surface area contributed by atoms with Crippen LogP contribution in [0.3, 0.4) is 0 Å². The predicted molar refractivity (Wildman–Crippen MR) is 73.7 cm³/mol. The standard InChI is InChI=1S/C16H22O3/c1-9(2)13-10(3)14-11(7-12(13)17)15(18)16(8-19-14)5-4-6-16/h7,9,15,17-18H,4-6,8H2,1-3H3. The Kier molecular flexibility index (Phi) is 2.79. The molecule has 1 unspecified atom stereocenters. The molecule has 2 N–H and O–H groups in total. The number of ether oxygens (including phenoxy) is 1. The van der Waals surface area contributed by atoms with Gasteiger partial charge in [0.2, 0.25) is 0 Å². The smallest absolute Gasteiger partial charge is 0.128 e. The van der Waals surface area contributed by atoms with Gasteiger partial charge in [0, 0.05) is 16.5 Å². The molecule has 0 radical (unpaired) electrons. The van der Waals surface area contributed by atoms with Crippen LogP contribution in [0.15, 0.2) is 6.07 Å². The molecule has 0 amide bonds. The van der Waals surface area contributed by atoms with E-state index in [4.69, 9.17) is 4.74 Å². The summed E-state index contributed by atoms with van der Waals surface area (Å²) in [5.41, 5.74) is 2.56. The maximum absolute atomic E-state index is 10.6. The maximum Gasteiger partial charge on any atom is 0.128 e. The number of phenols is 1. The number of fused-ring (bicyclic) bond motifs is 1. The minimum Gasteiger partial charge on any atom is -0.508 e. The fourth-order valence-corrected chi connectivity index (χ4v) is 3.62. The molecule has 1 saturated carbocycles. The molecule has 1 aromatic carbocycles. The average Bonchev–Trinajstić information content (AvgIpc) is 2.28. The second-order valence-electron chi connectivity index (χ2n) is 6.41. The first-order valence-electron chi connectivity index (χ1n) is 7.13. The van der Waals surface area contributed by atoms with Gasteiger partial charge in [-0.15, -0.1) is 0 Å². The molecule has 1 aliphatic carbocycles. The molecule has 1 spiro atoms. The van der Waals surface area contributed by atoms with E-state index >= 15 is 0 Å². The highest BCUT2D eigenvalue weighted by molar-refractivity contribution is 5.55. The topological polar surface area (TPSA) is 49.7 Å². The van der Waals surface area contributed by atoms with E-state index in [0.717, 1.165) is 41.7 Å². The zero-order chi connectivity index (χ0) is 13.8. The Hall–Kier alpha value is -1.22. The van der Waals surface area contributed by atoms with Crippen molar-refractivity contribution in [1.82, 2.24) is 0 Å². The third kappa shape index (κ3) is 1.68. The van der Waals surface area contributed by atoms with Gasteiger partial charge in [0.1, 0.15) is 11.5 Å². The largest absolute Gasteiger partial charge is 0.508 e. The van der Waals surface area contributed by atoms with Gasteiger partial charge in [0.05, 0.1) is 12.7 Å². The van der Waals surface area contributed by atoms with E-state index in [1.807, 2.05) is 6.92 Å². The molecule has 3 nitrogen and oxygen atoms in total. The second-order valence-corrected chi connectivity index (χ2v) is 6.41.